The van der Waals surface area contributed by atoms with Crippen LogP contribution in [0, 0.1) is 6.92 Å². The van der Waals surface area contributed by atoms with Crippen LogP contribution in [0.2, 0.25) is 0 Å². The molecule has 0 fully saturated rings. The van der Waals surface area contributed by atoms with Gasteiger partial charge in [-0.15, -0.1) is 11.3 Å². The molecule has 1 aromatic heterocycles. The van der Waals surface area contributed by atoms with E-state index in [1.807, 2.05) is 43.5 Å². The number of hydrogen-bond acceptors (Lipinski definition) is 3. The van der Waals surface area contributed by atoms with Crippen LogP contribution in [0.3, 0.4) is 0 Å². The van der Waals surface area contributed by atoms with Gasteiger partial charge in [-0.3, -0.25) is 0 Å². The van der Waals surface area contributed by atoms with Crippen molar-refractivity contribution in [3.8, 4) is 10.4 Å². The Kier molecular flexibility index (Phi) is 3.59. The molecule has 0 N–H and O–H groups in total. The summed E-state index contributed by atoms with van der Waals surface area (Å²) in [6, 6.07) is 9.79. The van der Waals surface area contributed by atoms with Gasteiger partial charge in [0.25, 0.3) is 0 Å². The lowest BCUT2D eigenvalue weighted by molar-refractivity contribution is 0.0526. The average Bonchev–Trinajstić information content (AvgIpc) is 2.82. The molecule has 2 rings (SSSR count). The van der Waals surface area contributed by atoms with Crippen LogP contribution >= 0.6 is 11.3 Å². The zero-order chi connectivity index (χ0) is 12.3. The average molecular weight is 246 g/mol. The molecule has 1 heterocycles. The molecular weight excluding hydrogens is 232 g/mol. The first-order valence-electron chi connectivity index (χ1n) is 5.54. The highest BCUT2D eigenvalue weighted by Crippen LogP contribution is 2.28. The van der Waals surface area contributed by atoms with Crippen molar-refractivity contribution >= 4 is 17.3 Å². The summed E-state index contributed by atoms with van der Waals surface area (Å²) in [6.45, 7) is 4.23. The second-order valence-corrected chi connectivity index (χ2v) is 4.68. The monoisotopic (exact) mass is 246 g/mol. The molecule has 1 aromatic carbocycles. The van der Waals surface area contributed by atoms with Crippen LogP contribution in [-0.4, -0.2) is 12.6 Å². The molecule has 0 bridgehead atoms. The van der Waals surface area contributed by atoms with Gasteiger partial charge in [0, 0.05) is 4.88 Å². The molecule has 2 aromatic rings. The Balaban J connectivity index is 2.32. The third kappa shape index (κ3) is 2.56. The van der Waals surface area contributed by atoms with Crippen LogP contribution in [0.25, 0.3) is 10.4 Å². The minimum absolute atomic E-state index is 0.256. The number of carbonyl (C=O) groups excluding carboxylic acids is 1. The van der Waals surface area contributed by atoms with Crippen molar-refractivity contribution in [3.05, 3.63) is 46.8 Å². The van der Waals surface area contributed by atoms with Crippen LogP contribution in [-0.2, 0) is 4.74 Å². The van der Waals surface area contributed by atoms with E-state index in [9.17, 15) is 4.79 Å². The molecule has 0 amide bonds. The van der Waals surface area contributed by atoms with Crippen molar-refractivity contribution in [2.75, 3.05) is 6.61 Å². The molecular formula is C14H14O2S. The minimum Gasteiger partial charge on any atom is -0.462 e. The smallest absolute Gasteiger partial charge is 0.338 e. The molecule has 0 spiro atoms. The van der Waals surface area contributed by atoms with Gasteiger partial charge in [0.2, 0.25) is 0 Å². The lowest BCUT2D eigenvalue weighted by Gasteiger charge is -2.06. The molecule has 0 aliphatic carbocycles. The van der Waals surface area contributed by atoms with Gasteiger partial charge in [-0.1, -0.05) is 12.1 Å². The fourth-order valence-electron chi connectivity index (χ4n) is 1.71. The van der Waals surface area contributed by atoms with Gasteiger partial charge < -0.3 is 4.74 Å². The summed E-state index contributed by atoms with van der Waals surface area (Å²) in [5.41, 5.74) is 2.88. The quantitative estimate of drug-likeness (QED) is 0.768. The topological polar surface area (TPSA) is 26.3 Å². The standard InChI is InChI=1S/C14H14O2S/c1-3-16-14(15)11-6-7-12(10(2)9-11)13-5-4-8-17-13/h4-9H,3H2,1-2H3. The van der Waals surface area contributed by atoms with E-state index in [4.69, 9.17) is 4.74 Å². The summed E-state index contributed by atoms with van der Waals surface area (Å²) in [6.07, 6.45) is 0. The van der Waals surface area contributed by atoms with Crippen molar-refractivity contribution in [1.82, 2.24) is 0 Å². The molecule has 0 aliphatic heterocycles. The number of aryl methyl sites for hydroxylation is 1. The van der Waals surface area contributed by atoms with E-state index in [2.05, 4.69) is 6.07 Å². The number of thiophene rings is 1. The van der Waals surface area contributed by atoms with Gasteiger partial charge in [-0.2, -0.15) is 0 Å². The highest BCUT2D eigenvalue weighted by atomic mass is 32.1. The normalized spacial score (nSPS) is 10.2. The van der Waals surface area contributed by atoms with Gasteiger partial charge in [0.15, 0.2) is 0 Å². The molecule has 0 saturated carbocycles. The largest absolute Gasteiger partial charge is 0.462 e. The predicted octanol–water partition coefficient (Wildman–Crippen LogP) is 3.90. The number of hydrogen-bond donors (Lipinski definition) is 0. The van der Waals surface area contributed by atoms with Crippen LogP contribution < -0.4 is 0 Å². The Bertz CT molecular complexity index is 515. The number of rotatable bonds is 3. The van der Waals surface area contributed by atoms with Crippen LogP contribution in [0.5, 0.6) is 0 Å². The summed E-state index contributed by atoms with van der Waals surface area (Å²) in [5.74, 6) is -0.256. The van der Waals surface area contributed by atoms with E-state index in [1.165, 1.54) is 10.4 Å². The number of carbonyl (C=O) groups is 1. The number of esters is 1. The van der Waals surface area contributed by atoms with E-state index < -0.39 is 0 Å². The summed E-state index contributed by atoms with van der Waals surface area (Å²) >= 11 is 1.70. The van der Waals surface area contributed by atoms with Crippen molar-refractivity contribution in [1.29, 1.82) is 0 Å². The third-order valence-corrected chi connectivity index (χ3v) is 3.43. The van der Waals surface area contributed by atoms with Crippen molar-refractivity contribution in [2.45, 2.75) is 13.8 Å². The third-order valence-electron chi connectivity index (χ3n) is 2.52. The Morgan fingerprint density at radius 2 is 2.18 bits per heavy atom. The SMILES string of the molecule is CCOC(=O)c1ccc(-c2cccs2)c(C)c1. The molecule has 0 aliphatic rings. The van der Waals surface area contributed by atoms with Crippen LogP contribution in [0.1, 0.15) is 22.8 Å². The molecule has 0 unspecified atom stereocenters. The molecule has 88 valence electrons. The Morgan fingerprint density at radius 3 is 2.76 bits per heavy atom. The fraction of sp³-hybridized carbons (Fsp3) is 0.214. The molecule has 17 heavy (non-hydrogen) atoms. The van der Waals surface area contributed by atoms with Crippen molar-refractivity contribution in [3.63, 3.8) is 0 Å². The summed E-state index contributed by atoms with van der Waals surface area (Å²) in [5, 5.41) is 2.05. The lowest BCUT2D eigenvalue weighted by Crippen LogP contribution is -2.04. The first kappa shape index (κ1) is 11.9. The Morgan fingerprint density at radius 1 is 1.35 bits per heavy atom. The van der Waals surface area contributed by atoms with Gasteiger partial charge in [-0.05, 0) is 48.6 Å². The molecule has 0 radical (unpaired) electrons. The summed E-state index contributed by atoms with van der Waals surface area (Å²) in [7, 11) is 0. The number of ether oxygens (including phenoxy) is 1. The van der Waals surface area contributed by atoms with E-state index >= 15 is 0 Å². The molecule has 0 atom stereocenters. The maximum absolute atomic E-state index is 11.6. The van der Waals surface area contributed by atoms with E-state index in [-0.39, 0.29) is 5.97 Å². The van der Waals surface area contributed by atoms with Crippen LogP contribution in [0.15, 0.2) is 35.7 Å². The van der Waals surface area contributed by atoms with E-state index in [0.717, 1.165) is 5.56 Å². The molecule has 0 saturated heterocycles. The van der Waals surface area contributed by atoms with Crippen molar-refractivity contribution in [2.24, 2.45) is 0 Å². The Hall–Kier alpha value is -1.61. The maximum atomic E-state index is 11.6. The van der Waals surface area contributed by atoms with Gasteiger partial charge >= 0.3 is 5.97 Å². The van der Waals surface area contributed by atoms with E-state index in [1.54, 1.807) is 11.3 Å². The fourth-order valence-corrected chi connectivity index (χ4v) is 2.53. The highest BCUT2D eigenvalue weighted by Gasteiger charge is 2.09. The predicted molar refractivity (Wildman–Crippen MR) is 70.4 cm³/mol. The number of benzene rings is 1. The van der Waals surface area contributed by atoms with Gasteiger partial charge in [0.1, 0.15) is 0 Å². The zero-order valence-corrected chi connectivity index (χ0v) is 10.7. The first-order valence-corrected chi connectivity index (χ1v) is 6.42. The Labute approximate surface area is 105 Å². The molecule has 2 nitrogen and oxygen atoms in total. The van der Waals surface area contributed by atoms with Gasteiger partial charge in [0.05, 0.1) is 12.2 Å². The first-order chi connectivity index (χ1) is 8.22. The zero-order valence-electron chi connectivity index (χ0n) is 9.90. The lowest BCUT2D eigenvalue weighted by atomic mass is 10.0. The molecule has 3 heteroatoms. The van der Waals surface area contributed by atoms with Crippen LogP contribution in [0.4, 0.5) is 0 Å². The van der Waals surface area contributed by atoms with Crippen molar-refractivity contribution < 1.29 is 9.53 Å². The van der Waals surface area contributed by atoms with Gasteiger partial charge in [-0.25, -0.2) is 4.79 Å². The highest BCUT2D eigenvalue weighted by molar-refractivity contribution is 7.13. The van der Waals surface area contributed by atoms with E-state index in [0.29, 0.717) is 12.2 Å². The summed E-state index contributed by atoms with van der Waals surface area (Å²) < 4.78 is 4.98. The minimum atomic E-state index is -0.256. The maximum Gasteiger partial charge on any atom is 0.338 e. The summed E-state index contributed by atoms with van der Waals surface area (Å²) in [4.78, 5) is 12.8. The second-order valence-electron chi connectivity index (χ2n) is 3.73. The second kappa shape index (κ2) is 5.15.